The summed E-state index contributed by atoms with van der Waals surface area (Å²) in [5.74, 6) is -1.54. The normalized spacial score (nSPS) is 13.2. The molecule has 0 aliphatic heterocycles. The number of aromatic amines is 1. The monoisotopic (exact) mass is 448 g/mol. The van der Waals surface area contributed by atoms with Crippen molar-refractivity contribution in [1.29, 1.82) is 0 Å². The van der Waals surface area contributed by atoms with Gasteiger partial charge < -0.3 is 10.2 Å². The molecule has 1 aliphatic rings. The van der Waals surface area contributed by atoms with Crippen LogP contribution in [0.2, 0.25) is 5.02 Å². The van der Waals surface area contributed by atoms with Crippen molar-refractivity contribution < 1.29 is 14.6 Å². The number of aromatic hydroxyl groups is 2. The Bertz CT molecular complexity index is 1370. The number of allylic oxidation sites excluding steroid dienone is 1. The molecule has 4 rings (SSSR count). The number of benzene rings is 1. The van der Waals surface area contributed by atoms with E-state index in [4.69, 9.17) is 11.6 Å². The molecule has 0 amide bonds. The molecule has 0 fully saturated rings. The van der Waals surface area contributed by atoms with Gasteiger partial charge in [0, 0.05) is 11.1 Å². The molecule has 0 spiro atoms. The van der Waals surface area contributed by atoms with Gasteiger partial charge in [-0.2, -0.15) is 0 Å². The molecule has 2 aromatic heterocycles. The summed E-state index contributed by atoms with van der Waals surface area (Å²) in [6.45, 7) is 3.29. The fourth-order valence-corrected chi connectivity index (χ4v) is 4.11. The van der Waals surface area contributed by atoms with E-state index >= 15 is 0 Å². The minimum absolute atomic E-state index is 0.175. The molecule has 0 bridgehead atoms. The van der Waals surface area contributed by atoms with E-state index in [1.54, 1.807) is 0 Å². The van der Waals surface area contributed by atoms with Gasteiger partial charge in [0.15, 0.2) is 0 Å². The highest BCUT2D eigenvalue weighted by molar-refractivity contribution is 6.32. The minimum Gasteiger partial charge on any atom is -0.494 e. The van der Waals surface area contributed by atoms with Gasteiger partial charge in [0.05, 0.1) is 22.9 Å². The molecular formula is C20H18ClFN4O5. The zero-order valence-corrected chi connectivity index (χ0v) is 16.9. The van der Waals surface area contributed by atoms with E-state index in [1.807, 2.05) is 4.98 Å². The Labute approximate surface area is 178 Å². The molecule has 9 nitrogen and oxygen atoms in total. The number of aromatic nitrogens is 4. The maximum atomic E-state index is 14.9. The molecule has 1 aromatic carbocycles. The molecule has 0 unspecified atom stereocenters. The van der Waals surface area contributed by atoms with E-state index in [-0.39, 0.29) is 34.7 Å². The lowest BCUT2D eigenvalue weighted by molar-refractivity contribution is 0.396. The Balaban J connectivity index is 2.01. The third-order valence-corrected chi connectivity index (χ3v) is 5.63. The van der Waals surface area contributed by atoms with Crippen LogP contribution in [0.25, 0.3) is 11.4 Å². The first kappa shape index (κ1) is 20.7. The van der Waals surface area contributed by atoms with Gasteiger partial charge in [-0.25, -0.2) is 32.5 Å². The topological polar surface area (TPSA) is 122 Å². The first-order valence-electron chi connectivity index (χ1n) is 9.47. The van der Waals surface area contributed by atoms with E-state index < -0.39 is 22.9 Å². The summed E-state index contributed by atoms with van der Waals surface area (Å²) in [5.41, 5.74) is -2.51. The molecule has 3 N–H and O–H groups in total. The van der Waals surface area contributed by atoms with Crippen LogP contribution >= 0.6 is 11.6 Å². The summed E-state index contributed by atoms with van der Waals surface area (Å²) in [6.07, 6.45) is 3.97. The number of nitrogens with one attached hydrogen (secondary N) is 1. The number of hydrogen-bond donors (Lipinski definition) is 3. The first-order valence-corrected chi connectivity index (χ1v) is 9.85. The smallest absolute Gasteiger partial charge is 0.341 e. The molecule has 3 aromatic rings. The van der Waals surface area contributed by atoms with Gasteiger partial charge in [0.25, 0.3) is 0 Å². The van der Waals surface area contributed by atoms with E-state index in [1.165, 1.54) is 6.08 Å². The highest BCUT2D eigenvalue weighted by Crippen LogP contribution is 2.42. The lowest BCUT2D eigenvalue weighted by Gasteiger charge is -2.14. The van der Waals surface area contributed by atoms with Crippen molar-refractivity contribution in [2.75, 3.05) is 0 Å². The quantitative estimate of drug-likeness (QED) is 0.525. The summed E-state index contributed by atoms with van der Waals surface area (Å²) >= 11 is 6.12. The van der Waals surface area contributed by atoms with Crippen molar-refractivity contribution in [3.63, 3.8) is 0 Å². The molecule has 0 saturated carbocycles. The van der Waals surface area contributed by atoms with E-state index in [0.29, 0.717) is 28.5 Å². The zero-order valence-electron chi connectivity index (χ0n) is 16.2. The van der Waals surface area contributed by atoms with Crippen LogP contribution < -0.4 is 17.1 Å². The standard InChI is InChI=1S/C20H18ClFN4O5/c1-2-7-24-18(29)23-19(30)26(20(24)31)14-9-15(13(22)8-12(14)21)25-16(27)10-5-3-4-6-11(10)17(25)28/h2,8-9,27-28H,1,3-7H2,(H,23,29,30). The largest absolute Gasteiger partial charge is 0.494 e. The molecule has 31 heavy (non-hydrogen) atoms. The van der Waals surface area contributed by atoms with E-state index in [2.05, 4.69) is 6.58 Å². The second-order valence-corrected chi connectivity index (χ2v) is 7.56. The summed E-state index contributed by atoms with van der Waals surface area (Å²) in [6, 6.07) is 1.92. The minimum atomic E-state index is -1.07. The Morgan fingerprint density at radius 1 is 1.03 bits per heavy atom. The summed E-state index contributed by atoms with van der Waals surface area (Å²) in [4.78, 5) is 39.1. The number of rotatable bonds is 4. The van der Waals surface area contributed by atoms with Crippen LogP contribution in [-0.4, -0.2) is 28.9 Å². The van der Waals surface area contributed by atoms with Crippen LogP contribution in [0.3, 0.4) is 0 Å². The SMILES string of the molecule is C=CCn1c(=O)[nH]c(=O)n(-c2cc(-n3c(O)c4c(c3O)CCCC4)c(F)cc2Cl)c1=O. The van der Waals surface area contributed by atoms with Gasteiger partial charge in [-0.05, 0) is 37.8 Å². The van der Waals surface area contributed by atoms with Crippen LogP contribution in [0.15, 0.2) is 39.2 Å². The number of hydrogen-bond acceptors (Lipinski definition) is 5. The van der Waals surface area contributed by atoms with Crippen molar-refractivity contribution in [2.24, 2.45) is 0 Å². The molecule has 0 atom stereocenters. The maximum absolute atomic E-state index is 14.9. The predicted molar refractivity (Wildman–Crippen MR) is 111 cm³/mol. The van der Waals surface area contributed by atoms with Crippen LogP contribution in [0, 0.1) is 5.82 Å². The third kappa shape index (κ3) is 3.19. The number of fused-ring (bicyclic) bond motifs is 1. The van der Waals surface area contributed by atoms with Crippen LogP contribution in [0.5, 0.6) is 11.8 Å². The highest BCUT2D eigenvalue weighted by atomic mass is 35.5. The van der Waals surface area contributed by atoms with E-state index in [0.717, 1.165) is 34.1 Å². The Morgan fingerprint density at radius 2 is 1.65 bits per heavy atom. The molecule has 2 heterocycles. The molecule has 162 valence electrons. The van der Waals surface area contributed by atoms with Crippen LogP contribution in [0.4, 0.5) is 4.39 Å². The van der Waals surface area contributed by atoms with Crippen LogP contribution in [0.1, 0.15) is 24.0 Å². The predicted octanol–water partition coefficient (Wildman–Crippen LogP) is 1.75. The molecular weight excluding hydrogens is 431 g/mol. The first-order chi connectivity index (χ1) is 14.8. The van der Waals surface area contributed by atoms with Crippen molar-refractivity contribution in [3.05, 3.63) is 78.2 Å². The van der Waals surface area contributed by atoms with Gasteiger partial charge in [0.1, 0.15) is 5.82 Å². The third-order valence-electron chi connectivity index (χ3n) is 5.33. The van der Waals surface area contributed by atoms with Crippen molar-refractivity contribution in [3.8, 4) is 23.1 Å². The Hall–Kier alpha value is -3.53. The molecule has 0 saturated heterocycles. The number of H-pyrrole nitrogens is 1. The molecule has 1 aliphatic carbocycles. The fraction of sp³-hybridized carbons (Fsp3) is 0.250. The van der Waals surface area contributed by atoms with Gasteiger partial charge >= 0.3 is 17.1 Å². The van der Waals surface area contributed by atoms with Gasteiger partial charge in [-0.15, -0.1) is 6.58 Å². The molecule has 0 radical (unpaired) electrons. The lowest BCUT2D eigenvalue weighted by Crippen LogP contribution is -2.48. The number of nitrogens with zero attached hydrogens (tertiary/aromatic N) is 3. The van der Waals surface area contributed by atoms with Crippen molar-refractivity contribution in [1.82, 2.24) is 18.7 Å². The summed E-state index contributed by atoms with van der Waals surface area (Å²) < 4.78 is 17.1. The summed E-state index contributed by atoms with van der Waals surface area (Å²) in [7, 11) is 0. The lowest BCUT2D eigenvalue weighted by atomic mass is 9.95. The number of halogens is 2. The molecule has 11 heteroatoms. The maximum Gasteiger partial charge on any atom is 0.341 e. The average molecular weight is 449 g/mol. The van der Waals surface area contributed by atoms with Gasteiger partial charge in [0.2, 0.25) is 11.8 Å². The Kier molecular flexibility index (Phi) is 5.10. The average Bonchev–Trinajstić information content (AvgIpc) is 2.97. The fourth-order valence-electron chi connectivity index (χ4n) is 3.88. The second kappa shape index (κ2) is 7.62. The summed E-state index contributed by atoms with van der Waals surface area (Å²) in [5, 5.41) is 21.0. The highest BCUT2D eigenvalue weighted by Gasteiger charge is 2.27. The second-order valence-electron chi connectivity index (χ2n) is 7.15. The van der Waals surface area contributed by atoms with Gasteiger partial charge in [-0.3, -0.25) is 4.98 Å². The Morgan fingerprint density at radius 3 is 2.23 bits per heavy atom. The zero-order chi connectivity index (χ0) is 22.4. The van der Waals surface area contributed by atoms with Gasteiger partial charge in [-0.1, -0.05) is 17.7 Å². The van der Waals surface area contributed by atoms with E-state index in [9.17, 15) is 29.0 Å². The van der Waals surface area contributed by atoms with Crippen LogP contribution in [-0.2, 0) is 19.4 Å². The van der Waals surface area contributed by atoms with Crippen molar-refractivity contribution in [2.45, 2.75) is 32.2 Å². The van der Waals surface area contributed by atoms with Crippen molar-refractivity contribution >= 4 is 11.6 Å².